The van der Waals surface area contributed by atoms with Crippen LogP contribution in [0.25, 0.3) is 11.1 Å². The van der Waals surface area contributed by atoms with Gasteiger partial charge in [-0.2, -0.15) is 8.42 Å². The highest BCUT2D eigenvalue weighted by Gasteiger charge is 2.35. The number of aryl methyl sites for hydroxylation is 2. The number of carbonyl (C=O) groups is 1. The quantitative estimate of drug-likeness (QED) is 0.559. The summed E-state index contributed by atoms with van der Waals surface area (Å²) in [7, 11) is -4.19. The van der Waals surface area contributed by atoms with E-state index in [4.69, 9.17) is 14.0 Å². The smallest absolute Gasteiger partial charge is 0.296 e. The predicted molar refractivity (Wildman–Crippen MR) is 122 cm³/mol. The largest absolute Gasteiger partial charge is 0.493 e. The van der Waals surface area contributed by atoms with Crippen molar-refractivity contribution in [3.63, 3.8) is 0 Å². The summed E-state index contributed by atoms with van der Waals surface area (Å²) < 4.78 is 43.7. The second-order valence-corrected chi connectivity index (χ2v) is 9.42. The van der Waals surface area contributed by atoms with Crippen molar-refractivity contribution in [2.45, 2.75) is 26.9 Å². The maximum atomic E-state index is 12.7. The number of hydrogen-bond acceptors (Lipinski definition) is 7. The molecule has 2 atom stereocenters. The zero-order chi connectivity index (χ0) is 23.6. The summed E-state index contributed by atoms with van der Waals surface area (Å²) in [6.07, 6.45) is 1.03. The highest BCUT2D eigenvalue weighted by molar-refractivity contribution is 7.93. The number of benzene rings is 2. The van der Waals surface area contributed by atoms with Gasteiger partial charge in [-0.1, -0.05) is 47.6 Å². The van der Waals surface area contributed by atoms with Crippen LogP contribution in [0.4, 0.5) is 0 Å². The van der Waals surface area contributed by atoms with Gasteiger partial charge in [0.1, 0.15) is 23.2 Å². The fourth-order valence-electron chi connectivity index (χ4n) is 3.55. The first-order chi connectivity index (χ1) is 15.7. The van der Waals surface area contributed by atoms with Crippen molar-refractivity contribution in [2.75, 3.05) is 6.61 Å². The van der Waals surface area contributed by atoms with Crippen molar-refractivity contribution in [2.24, 2.45) is 5.92 Å². The SMILES string of the molecule is Cc1noc(C)c1C(=O)NS(=O)(=O)C1=CC(COc2ccc(-c3ccccc3)cc2)C(C)O1. The first kappa shape index (κ1) is 22.6. The van der Waals surface area contributed by atoms with Gasteiger partial charge in [0.15, 0.2) is 0 Å². The maximum absolute atomic E-state index is 12.7. The van der Waals surface area contributed by atoms with E-state index >= 15 is 0 Å². The van der Waals surface area contributed by atoms with Crippen LogP contribution in [0.1, 0.15) is 28.7 Å². The Balaban J connectivity index is 1.40. The Kier molecular flexibility index (Phi) is 6.24. The van der Waals surface area contributed by atoms with E-state index in [0.29, 0.717) is 11.4 Å². The van der Waals surface area contributed by atoms with E-state index in [-0.39, 0.29) is 28.9 Å². The second-order valence-electron chi connectivity index (χ2n) is 7.81. The van der Waals surface area contributed by atoms with Crippen LogP contribution in [0, 0.1) is 19.8 Å². The van der Waals surface area contributed by atoms with Gasteiger partial charge < -0.3 is 14.0 Å². The van der Waals surface area contributed by atoms with E-state index in [1.165, 1.54) is 13.0 Å². The Hall–Kier alpha value is -3.59. The Bertz CT molecular complexity index is 1260. The third kappa shape index (κ3) is 4.93. The number of ether oxygens (including phenoxy) is 2. The lowest BCUT2D eigenvalue weighted by Crippen LogP contribution is -2.32. The van der Waals surface area contributed by atoms with Crippen LogP contribution in [0.3, 0.4) is 0 Å². The number of hydrogen-bond donors (Lipinski definition) is 1. The van der Waals surface area contributed by atoms with Gasteiger partial charge in [-0.25, -0.2) is 4.72 Å². The van der Waals surface area contributed by atoms with Gasteiger partial charge in [-0.05, 0) is 50.1 Å². The molecule has 4 rings (SSSR count). The number of carbonyl (C=O) groups excluding carboxylic acids is 1. The monoisotopic (exact) mass is 468 g/mol. The van der Waals surface area contributed by atoms with Crippen LogP contribution in [0.5, 0.6) is 5.75 Å². The molecular formula is C24H24N2O6S. The Labute approximate surface area is 192 Å². The first-order valence-corrected chi connectivity index (χ1v) is 11.9. The van der Waals surface area contributed by atoms with E-state index in [1.807, 2.05) is 59.3 Å². The average Bonchev–Trinajstić information content (AvgIpc) is 3.34. The third-order valence-corrected chi connectivity index (χ3v) is 6.63. The van der Waals surface area contributed by atoms with Crippen LogP contribution in [-0.4, -0.2) is 32.2 Å². The first-order valence-electron chi connectivity index (χ1n) is 10.4. The molecule has 1 aliphatic heterocycles. The molecule has 2 unspecified atom stereocenters. The molecule has 0 fully saturated rings. The lowest BCUT2D eigenvalue weighted by atomic mass is 10.1. The molecule has 0 saturated heterocycles. The standard InChI is InChI=1S/C24H24N2O6S/c1-15-23(17(3)32-25-15)24(27)26-33(28,29)22-13-20(16(2)31-22)14-30-21-11-9-19(10-12-21)18-7-5-4-6-8-18/h4-13,16,20H,14H2,1-3H3,(H,26,27). The summed E-state index contributed by atoms with van der Waals surface area (Å²) in [6.45, 7) is 5.07. The molecule has 2 heterocycles. The minimum Gasteiger partial charge on any atom is -0.493 e. The van der Waals surface area contributed by atoms with Crippen molar-refractivity contribution in [3.8, 4) is 16.9 Å². The van der Waals surface area contributed by atoms with E-state index in [1.54, 1.807) is 13.8 Å². The van der Waals surface area contributed by atoms with Crippen LogP contribution >= 0.6 is 0 Å². The zero-order valence-corrected chi connectivity index (χ0v) is 19.3. The van der Waals surface area contributed by atoms with Crippen molar-refractivity contribution in [3.05, 3.63) is 82.8 Å². The topological polar surface area (TPSA) is 108 Å². The van der Waals surface area contributed by atoms with Crippen LogP contribution in [0.2, 0.25) is 0 Å². The van der Waals surface area contributed by atoms with E-state index in [9.17, 15) is 13.2 Å². The maximum Gasteiger partial charge on any atom is 0.296 e. The number of sulfonamides is 1. The van der Waals surface area contributed by atoms with Crippen LogP contribution < -0.4 is 9.46 Å². The molecule has 33 heavy (non-hydrogen) atoms. The molecule has 172 valence electrons. The molecule has 2 aromatic carbocycles. The summed E-state index contributed by atoms with van der Waals surface area (Å²) in [4.78, 5) is 12.4. The number of rotatable bonds is 7. The lowest BCUT2D eigenvalue weighted by Gasteiger charge is -2.15. The highest BCUT2D eigenvalue weighted by atomic mass is 32.2. The Morgan fingerprint density at radius 1 is 1.06 bits per heavy atom. The van der Waals surface area contributed by atoms with Crippen LogP contribution in [-0.2, 0) is 14.8 Å². The van der Waals surface area contributed by atoms with Gasteiger partial charge >= 0.3 is 0 Å². The normalized spacial score (nSPS) is 17.8. The molecule has 0 aliphatic carbocycles. The summed E-state index contributed by atoms with van der Waals surface area (Å²) in [5.41, 5.74) is 2.57. The Morgan fingerprint density at radius 3 is 2.36 bits per heavy atom. The van der Waals surface area contributed by atoms with Crippen molar-refractivity contribution < 1.29 is 27.2 Å². The molecular weight excluding hydrogens is 444 g/mol. The molecule has 1 N–H and O–H groups in total. The minimum absolute atomic E-state index is 0.0871. The van der Waals surface area contributed by atoms with Gasteiger partial charge in [0.2, 0.25) is 5.09 Å². The molecule has 9 heteroatoms. The van der Waals surface area contributed by atoms with E-state index < -0.39 is 22.0 Å². The van der Waals surface area contributed by atoms with E-state index in [0.717, 1.165) is 11.1 Å². The Morgan fingerprint density at radius 2 is 1.73 bits per heavy atom. The summed E-state index contributed by atoms with van der Waals surface area (Å²) in [5, 5.41) is 3.37. The van der Waals surface area contributed by atoms with Crippen molar-refractivity contribution in [1.82, 2.24) is 9.88 Å². The molecule has 0 radical (unpaired) electrons. The molecule has 1 amide bonds. The number of aromatic nitrogens is 1. The molecule has 3 aromatic rings. The van der Waals surface area contributed by atoms with Crippen LogP contribution in [0.15, 0.2) is 70.3 Å². The van der Waals surface area contributed by atoms with E-state index in [2.05, 4.69) is 5.16 Å². The molecule has 0 bridgehead atoms. The summed E-state index contributed by atoms with van der Waals surface area (Å²) >= 11 is 0. The average molecular weight is 469 g/mol. The van der Waals surface area contributed by atoms with Gasteiger partial charge in [0, 0.05) is 0 Å². The zero-order valence-electron chi connectivity index (χ0n) is 18.4. The summed E-state index contributed by atoms with van der Waals surface area (Å²) in [6, 6.07) is 17.7. The predicted octanol–water partition coefficient (Wildman–Crippen LogP) is 3.97. The third-order valence-electron chi connectivity index (χ3n) is 5.41. The fourth-order valence-corrected chi connectivity index (χ4v) is 4.63. The number of amides is 1. The minimum atomic E-state index is -4.19. The van der Waals surface area contributed by atoms with Gasteiger partial charge in [-0.15, -0.1) is 0 Å². The lowest BCUT2D eigenvalue weighted by molar-refractivity contribution is 0.0973. The highest BCUT2D eigenvalue weighted by Crippen LogP contribution is 2.28. The summed E-state index contributed by atoms with van der Waals surface area (Å²) in [5.74, 6) is -0.223. The fraction of sp³-hybridized carbons (Fsp3) is 0.250. The van der Waals surface area contributed by atoms with Crippen molar-refractivity contribution >= 4 is 15.9 Å². The van der Waals surface area contributed by atoms with Gasteiger partial charge in [0.25, 0.3) is 15.9 Å². The van der Waals surface area contributed by atoms with Gasteiger partial charge in [-0.3, -0.25) is 4.79 Å². The molecule has 1 aliphatic rings. The molecule has 8 nitrogen and oxygen atoms in total. The molecule has 0 spiro atoms. The molecule has 0 saturated carbocycles. The molecule has 1 aromatic heterocycles. The number of nitrogens with one attached hydrogen (secondary N) is 1. The van der Waals surface area contributed by atoms with Gasteiger partial charge in [0.05, 0.1) is 18.2 Å². The van der Waals surface area contributed by atoms with Crippen molar-refractivity contribution in [1.29, 1.82) is 0 Å². The number of nitrogens with zero attached hydrogens (tertiary/aromatic N) is 1. The second kappa shape index (κ2) is 9.11.